The highest BCUT2D eigenvalue weighted by molar-refractivity contribution is 5.84. The number of carboxylic acid groups (broad SMARTS) is 1. The van der Waals surface area contributed by atoms with Crippen molar-refractivity contribution in [3.63, 3.8) is 0 Å². The molecule has 0 fully saturated rings. The first-order valence-electron chi connectivity index (χ1n) is 15.7. The molecule has 1 heterocycles. The normalized spacial score (nSPS) is 11.9. The molecule has 0 radical (unpaired) electrons. The van der Waals surface area contributed by atoms with E-state index in [-0.39, 0.29) is 0 Å². The van der Waals surface area contributed by atoms with Crippen LogP contribution in [0.4, 0.5) is 0 Å². The first kappa shape index (κ1) is 34.2. The summed E-state index contributed by atoms with van der Waals surface area (Å²) in [6.45, 7) is 2.67. The summed E-state index contributed by atoms with van der Waals surface area (Å²) in [4.78, 5) is 13.7. The Balaban J connectivity index is 0.000000411. The number of aliphatic hydroxyl groups excluding tert-OH is 1. The highest BCUT2D eigenvalue weighted by Crippen LogP contribution is 2.19. The van der Waals surface area contributed by atoms with Crippen LogP contribution in [0.5, 0.6) is 0 Å². The molecule has 2 rings (SSSR count). The van der Waals surface area contributed by atoms with Gasteiger partial charge in [0.1, 0.15) is 6.04 Å². The third kappa shape index (κ3) is 17.6. The Kier molecular flexibility index (Phi) is 21.8. The molecule has 1 aromatic heterocycles. The Bertz CT molecular complexity index is 784. The van der Waals surface area contributed by atoms with Crippen LogP contribution in [-0.4, -0.2) is 33.8 Å². The number of aromatic nitrogens is 1. The van der Waals surface area contributed by atoms with Crippen LogP contribution in [0.25, 0.3) is 10.9 Å². The number of unbranched alkanes of at least 4 members (excludes halogenated alkanes) is 19. The second kappa shape index (κ2) is 24.2. The Labute approximate surface area is 233 Å². The first-order chi connectivity index (χ1) is 18.6. The number of aliphatic carboxylic acids is 1. The van der Waals surface area contributed by atoms with E-state index in [1.165, 1.54) is 122 Å². The SMILES string of the molecule is CCCCCCCCCCCCCCCCCCCCCCO.N[C@@H](Cc1c[nH]c2ccccc12)C(=O)O. The minimum atomic E-state index is -0.972. The van der Waals surface area contributed by atoms with E-state index in [9.17, 15) is 4.79 Å². The van der Waals surface area contributed by atoms with Gasteiger partial charge in [0.25, 0.3) is 0 Å². The van der Waals surface area contributed by atoms with Crippen molar-refractivity contribution in [3.8, 4) is 0 Å². The lowest BCUT2D eigenvalue weighted by Crippen LogP contribution is -2.32. The van der Waals surface area contributed by atoms with E-state index >= 15 is 0 Å². The van der Waals surface area contributed by atoms with E-state index in [0.29, 0.717) is 13.0 Å². The van der Waals surface area contributed by atoms with Crippen molar-refractivity contribution < 1.29 is 15.0 Å². The Hall–Kier alpha value is -1.85. The number of nitrogens with one attached hydrogen (secondary N) is 1. The van der Waals surface area contributed by atoms with E-state index in [2.05, 4.69) is 11.9 Å². The summed E-state index contributed by atoms with van der Waals surface area (Å²) >= 11 is 0. The Morgan fingerprint density at radius 1 is 0.737 bits per heavy atom. The van der Waals surface area contributed by atoms with E-state index in [1.807, 2.05) is 30.5 Å². The Morgan fingerprint density at radius 3 is 1.58 bits per heavy atom. The van der Waals surface area contributed by atoms with E-state index in [4.69, 9.17) is 15.9 Å². The van der Waals surface area contributed by atoms with Crippen molar-refractivity contribution in [3.05, 3.63) is 36.0 Å². The topological polar surface area (TPSA) is 99.3 Å². The lowest BCUT2D eigenvalue weighted by atomic mass is 10.0. The zero-order valence-corrected chi connectivity index (χ0v) is 24.4. The number of nitrogens with two attached hydrogens (primary N) is 1. The van der Waals surface area contributed by atoms with Gasteiger partial charge in [-0.1, -0.05) is 147 Å². The van der Waals surface area contributed by atoms with E-state index in [0.717, 1.165) is 22.9 Å². The van der Waals surface area contributed by atoms with Gasteiger partial charge in [0.05, 0.1) is 0 Å². The van der Waals surface area contributed by atoms with Crippen LogP contribution in [-0.2, 0) is 11.2 Å². The lowest BCUT2D eigenvalue weighted by Gasteiger charge is -2.04. The third-order valence-corrected chi connectivity index (χ3v) is 7.44. The summed E-state index contributed by atoms with van der Waals surface area (Å²) in [6.07, 6.45) is 30.3. The molecule has 0 bridgehead atoms. The molecule has 0 aliphatic carbocycles. The minimum absolute atomic E-state index is 0.347. The molecular weight excluding hydrogens is 472 g/mol. The van der Waals surface area contributed by atoms with Gasteiger partial charge < -0.3 is 20.9 Å². The van der Waals surface area contributed by atoms with Crippen molar-refractivity contribution in [2.45, 2.75) is 148 Å². The fourth-order valence-electron chi connectivity index (χ4n) is 4.99. The van der Waals surface area contributed by atoms with Crippen molar-refractivity contribution in [2.24, 2.45) is 5.73 Å². The number of H-pyrrole nitrogens is 1. The summed E-state index contributed by atoms with van der Waals surface area (Å²) in [5, 5.41) is 18.5. The molecule has 0 saturated carbocycles. The van der Waals surface area contributed by atoms with Gasteiger partial charge in [0.2, 0.25) is 0 Å². The fraction of sp³-hybridized carbons (Fsp3) is 0.727. The Morgan fingerprint density at radius 2 is 1.16 bits per heavy atom. The number of benzene rings is 1. The van der Waals surface area contributed by atoms with Gasteiger partial charge in [-0.2, -0.15) is 0 Å². The predicted octanol–water partition coefficient (Wildman–Crippen LogP) is 8.92. The molecule has 5 heteroatoms. The molecule has 0 aliphatic rings. The minimum Gasteiger partial charge on any atom is -0.480 e. The molecular formula is C33H58N2O3. The number of rotatable bonds is 23. The molecule has 38 heavy (non-hydrogen) atoms. The smallest absolute Gasteiger partial charge is 0.320 e. The average Bonchev–Trinajstić information content (AvgIpc) is 3.33. The summed E-state index contributed by atoms with van der Waals surface area (Å²) in [5.74, 6) is -0.972. The average molecular weight is 531 g/mol. The van der Waals surface area contributed by atoms with Gasteiger partial charge in [-0.3, -0.25) is 4.79 Å². The van der Waals surface area contributed by atoms with E-state index < -0.39 is 12.0 Å². The largest absolute Gasteiger partial charge is 0.480 e. The van der Waals surface area contributed by atoms with Gasteiger partial charge in [-0.15, -0.1) is 0 Å². The van der Waals surface area contributed by atoms with Crippen LogP contribution < -0.4 is 5.73 Å². The first-order valence-corrected chi connectivity index (χ1v) is 15.7. The predicted molar refractivity (Wildman–Crippen MR) is 163 cm³/mol. The van der Waals surface area contributed by atoms with Crippen molar-refractivity contribution in [2.75, 3.05) is 6.61 Å². The van der Waals surface area contributed by atoms with Crippen molar-refractivity contribution in [1.29, 1.82) is 0 Å². The number of para-hydroxylation sites is 1. The van der Waals surface area contributed by atoms with Crippen LogP contribution in [0.1, 0.15) is 141 Å². The maximum absolute atomic E-state index is 10.6. The maximum atomic E-state index is 10.6. The van der Waals surface area contributed by atoms with Crippen LogP contribution in [0.2, 0.25) is 0 Å². The third-order valence-electron chi connectivity index (χ3n) is 7.44. The number of aliphatic hydroxyl groups is 1. The number of fused-ring (bicyclic) bond motifs is 1. The molecule has 5 N–H and O–H groups in total. The molecule has 5 nitrogen and oxygen atoms in total. The van der Waals surface area contributed by atoms with Crippen LogP contribution in [0.15, 0.2) is 30.5 Å². The van der Waals surface area contributed by atoms with Crippen LogP contribution in [0, 0.1) is 0 Å². The molecule has 0 amide bonds. The van der Waals surface area contributed by atoms with Gasteiger partial charge in [0.15, 0.2) is 0 Å². The number of aromatic amines is 1. The maximum Gasteiger partial charge on any atom is 0.320 e. The zero-order chi connectivity index (χ0) is 27.7. The lowest BCUT2D eigenvalue weighted by molar-refractivity contribution is -0.138. The molecule has 1 atom stereocenters. The second-order valence-electron chi connectivity index (χ2n) is 10.9. The monoisotopic (exact) mass is 530 g/mol. The number of carbonyl (C=O) groups is 1. The van der Waals surface area contributed by atoms with Gasteiger partial charge in [0, 0.05) is 30.1 Å². The summed E-state index contributed by atoms with van der Waals surface area (Å²) in [6, 6.07) is 6.91. The van der Waals surface area contributed by atoms with Crippen LogP contribution >= 0.6 is 0 Å². The van der Waals surface area contributed by atoms with Gasteiger partial charge >= 0.3 is 5.97 Å². The molecule has 0 aliphatic heterocycles. The van der Waals surface area contributed by atoms with Crippen molar-refractivity contribution >= 4 is 16.9 Å². The number of hydrogen-bond acceptors (Lipinski definition) is 3. The van der Waals surface area contributed by atoms with Crippen molar-refractivity contribution in [1.82, 2.24) is 4.98 Å². The quantitative estimate of drug-likeness (QED) is 0.108. The van der Waals surface area contributed by atoms with E-state index in [1.54, 1.807) is 0 Å². The second-order valence-corrected chi connectivity index (χ2v) is 10.9. The highest BCUT2D eigenvalue weighted by atomic mass is 16.4. The number of hydrogen-bond donors (Lipinski definition) is 4. The summed E-state index contributed by atoms with van der Waals surface area (Å²) < 4.78 is 0. The molecule has 218 valence electrons. The van der Waals surface area contributed by atoms with Gasteiger partial charge in [-0.05, 0) is 18.1 Å². The van der Waals surface area contributed by atoms with Gasteiger partial charge in [-0.25, -0.2) is 0 Å². The fourth-order valence-corrected chi connectivity index (χ4v) is 4.99. The molecule has 1 aromatic carbocycles. The molecule has 0 unspecified atom stereocenters. The summed E-state index contributed by atoms with van der Waals surface area (Å²) in [5.41, 5.74) is 7.43. The standard InChI is InChI=1S/C22H46O.C11H12N2O2/c1-2-3-4-5-6-7-8-9-10-11-12-13-14-15-16-17-18-19-20-21-22-23;12-9(11(14)15)5-7-6-13-10-4-2-1-3-8(7)10/h23H,2-22H2,1H3;1-4,6,9,13H,5,12H2,(H,14,15)/t;9-/m.0/s1. The summed E-state index contributed by atoms with van der Waals surface area (Å²) in [7, 11) is 0. The zero-order valence-electron chi connectivity index (χ0n) is 24.4. The number of carboxylic acids is 1. The highest BCUT2D eigenvalue weighted by Gasteiger charge is 2.14. The molecule has 0 saturated heterocycles. The van der Waals surface area contributed by atoms with Crippen LogP contribution in [0.3, 0.4) is 0 Å². The molecule has 2 aromatic rings. The molecule has 0 spiro atoms.